The van der Waals surface area contributed by atoms with Gasteiger partial charge < -0.3 is 24.8 Å². The molecule has 0 atom stereocenters. The Morgan fingerprint density at radius 3 is 2.43 bits per heavy atom. The third kappa shape index (κ3) is 4.33. The van der Waals surface area contributed by atoms with E-state index in [0.29, 0.717) is 51.5 Å². The number of hydrogen-bond donors (Lipinski definition) is 1. The van der Waals surface area contributed by atoms with Gasteiger partial charge in [-0.2, -0.15) is 0 Å². The molecule has 8 nitrogen and oxygen atoms in total. The van der Waals surface area contributed by atoms with E-state index in [1.165, 1.54) is 0 Å². The molecule has 0 radical (unpaired) electrons. The lowest BCUT2D eigenvalue weighted by atomic mass is 10.0. The van der Waals surface area contributed by atoms with Crippen LogP contribution >= 0.6 is 0 Å². The van der Waals surface area contributed by atoms with Crippen LogP contribution in [0.5, 0.6) is 0 Å². The number of aliphatic imine (C=N–C) groups is 1. The molecule has 0 aliphatic carbocycles. The van der Waals surface area contributed by atoms with Gasteiger partial charge in [-0.1, -0.05) is 23.8 Å². The summed E-state index contributed by atoms with van der Waals surface area (Å²) >= 11 is 0. The maximum atomic E-state index is 13.3. The average molecular weight is 412 g/mol. The lowest BCUT2D eigenvalue weighted by Crippen LogP contribution is -2.54. The second-order valence-corrected chi connectivity index (χ2v) is 7.89. The Labute approximate surface area is 177 Å². The van der Waals surface area contributed by atoms with Gasteiger partial charge in [0.2, 0.25) is 5.91 Å². The van der Waals surface area contributed by atoms with Crippen LogP contribution in [-0.2, 0) is 14.3 Å². The van der Waals surface area contributed by atoms with Gasteiger partial charge in [0.05, 0.1) is 31.0 Å². The van der Waals surface area contributed by atoms with E-state index in [0.717, 1.165) is 35.9 Å². The lowest BCUT2D eigenvalue weighted by Gasteiger charge is -2.38. The average Bonchev–Trinajstić information content (AvgIpc) is 2.79. The quantitative estimate of drug-likeness (QED) is 0.775. The first-order valence-electron chi connectivity index (χ1n) is 10.5. The van der Waals surface area contributed by atoms with Crippen LogP contribution in [0.15, 0.2) is 34.8 Å². The summed E-state index contributed by atoms with van der Waals surface area (Å²) in [6, 6.07) is 8.17. The van der Waals surface area contributed by atoms with Crippen molar-refractivity contribution in [2.45, 2.75) is 13.8 Å². The molecule has 1 N–H and O–H groups in total. The molecule has 3 aliphatic heterocycles. The Morgan fingerprint density at radius 1 is 1.03 bits per heavy atom. The Bertz CT molecular complexity index is 881. The van der Waals surface area contributed by atoms with Crippen LogP contribution in [-0.4, -0.2) is 91.5 Å². The summed E-state index contributed by atoms with van der Waals surface area (Å²) in [5, 5.41) is 3.45. The fraction of sp³-hybridized carbons (Fsp3) is 0.500. The summed E-state index contributed by atoms with van der Waals surface area (Å²) in [6.45, 7) is 9.15. The van der Waals surface area contributed by atoms with Gasteiger partial charge in [-0.3, -0.25) is 9.59 Å². The number of morpholine rings is 1. The number of hydrogen-bond acceptors (Lipinski definition) is 6. The molecule has 160 valence electrons. The van der Waals surface area contributed by atoms with Gasteiger partial charge in [0, 0.05) is 46.2 Å². The second kappa shape index (κ2) is 8.87. The van der Waals surface area contributed by atoms with Crippen molar-refractivity contribution in [2.24, 2.45) is 4.99 Å². The number of guanidine groups is 1. The predicted molar refractivity (Wildman–Crippen MR) is 115 cm³/mol. The van der Waals surface area contributed by atoms with Crippen molar-refractivity contribution in [2.75, 3.05) is 59.0 Å². The highest BCUT2D eigenvalue weighted by molar-refractivity contribution is 6.06. The molecule has 3 heterocycles. The molecule has 8 heteroatoms. The number of nitrogens with one attached hydrogen (secondary N) is 1. The first kappa shape index (κ1) is 20.4. The lowest BCUT2D eigenvalue weighted by molar-refractivity contribution is -0.131. The van der Waals surface area contributed by atoms with E-state index in [1.54, 1.807) is 6.92 Å². The zero-order chi connectivity index (χ0) is 21.1. The first-order chi connectivity index (χ1) is 14.5. The summed E-state index contributed by atoms with van der Waals surface area (Å²) < 4.78 is 5.40. The Kier molecular flexibility index (Phi) is 6.03. The number of nitrogens with zero attached hydrogens (tertiary/aromatic N) is 4. The fourth-order valence-corrected chi connectivity index (χ4v) is 4.05. The van der Waals surface area contributed by atoms with Crippen molar-refractivity contribution in [1.29, 1.82) is 0 Å². The van der Waals surface area contributed by atoms with E-state index >= 15 is 0 Å². The Balaban J connectivity index is 1.58. The fourth-order valence-electron chi connectivity index (χ4n) is 4.05. The van der Waals surface area contributed by atoms with E-state index in [2.05, 4.69) is 16.3 Å². The standard InChI is InChI=1S/C22H29N5O3/c1-16-4-3-5-18(14-16)20-19(21(29)26-10-12-30-13-11-26)15-23-22(24-20)27-8-6-25(7-9-27)17(2)28/h3-5,14H,6-13,15H2,1-2H3,(H,23,24). The van der Waals surface area contributed by atoms with Gasteiger partial charge in [-0.15, -0.1) is 0 Å². The third-order valence-electron chi connectivity index (χ3n) is 5.81. The van der Waals surface area contributed by atoms with Gasteiger partial charge in [-0.05, 0) is 18.6 Å². The minimum absolute atomic E-state index is 0.0199. The molecule has 1 aromatic carbocycles. The molecular formula is C22H29N5O3. The van der Waals surface area contributed by atoms with Crippen LogP contribution in [0.25, 0.3) is 5.70 Å². The van der Waals surface area contributed by atoms with Crippen LogP contribution in [0.1, 0.15) is 18.1 Å². The number of carbonyl (C=O) groups is 2. The van der Waals surface area contributed by atoms with Crippen molar-refractivity contribution >= 4 is 23.5 Å². The number of aryl methyl sites for hydroxylation is 1. The number of ether oxygens (including phenoxy) is 1. The number of amides is 2. The SMILES string of the molecule is CC(=O)N1CCN(C2=NCC(C(=O)N3CCOCC3)=C(c3cccc(C)c3)N2)CC1. The largest absolute Gasteiger partial charge is 0.378 e. The smallest absolute Gasteiger partial charge is 0.253 e. The molecule has 2 fully saturated rings. The Hall–Kier alpha value is -2.87. The van der Waals surface area contributed by atoms with Crippen LogP contribution in [0.4, 0.5) is 0 Å². The normalized spacial score (nSPS) is 20.1. The van der Waals surface area contributed by atoms with Crippen LogP contribution in [0.3, 0.4) is 0 Å². The highest BCUT2D eigenvalue weighted by Gasteiger charge is 2.29. The molecule has 30 heavy (non-hydrogen) atoms. The minimum atomic E-state index is 0.0199. The number of rotatable bonds is 2. The van der Waals surface area contributed by atoms with Crippen molar-refractivity contribution < 1.29 is 14.3 Å². The maximum Gasteiger partial charge on any atom is 0.253 e. The van der Waals surface area contributed by atoms with E-state index in [4.69, 9.17) is 9.73 Å². The van der Waals surface area contributed by atoms with Gasteiger partial charge in [0.25, 0.3) is 5.91 Å². The third-order valence-corrected chi connectivity index (χ3v) is 5.81. The number of benzene rings is 1. The molecule has 2 amide bonds. The maximum absolute atomic E-state index is 13.3. The number of piperazine rings is 1. The second-order valence-electron chi connectivity index (χ2n) is 7.89. The Morgan fingerprint density at radius 2 is 1.77 bits per heavy atom. The zero-order valence-corrected chi connectivity index (χ0v) is 17.7. The van der Waals surface area contributed by atoms with Crippen molar-refractivity contribution in [3.63, 3.8) is 0 Å². The molecule has 0 spiro atoms. The summed E-state index contributed by atoms with van der Waals surface area (Å²) in [5.41, 5.74) is 3.64. The van der Waals surface area contributed by atoms with E-state index in [-0.39, 0.29) is 11.8 Å². The first-order valence-corrected chi connectivity index (χ1v) is 10.5. The van der Waals surface area contributed by atoms with E-state index in [1.807, 2.05) is 34.9 Å². The molecule has 1 aromatic rings. The molecule has 2 saturated heterocycles. The molecule has 0 bridgehead atoms. The highest BCUT2D eigenvalue weighted by Crippen LogP contribution is 2.23. The van der Waals surface area contributed by atoms with Gasteiger partial charge in [0.15, 0.2) is 5.96 Å². The van der Waals surface area contributed by atoms with Crippen molar-refractivity contribution in [3.05, 3.63) is 41.0 Å². The van der Waals surface area contributed by atoms with Crippen LogP contribution in [0, 0.1) is 6.92 Å². The summed E-state index contributed by atoms with van der Waals surface area (Å²) in [5.74, 6) is 0.895. The van der Waals surface area contributed by atoms with Crippen LogP contribution in [0.2, 0.25) is 0 Å². The molecular weight excluding hydrogens is 382 g/mol. The minimum Gasteiger partial charge on any atom is -0.378 e. The van der Waals surface area contributed by atoms with E-state index in [9.17, 15) is 9.59 Å². The predicted octanol–water partition coefficient (Wildman–Crippen LogP) is 0.688. The van der Waals surface area contributed by atoms with E-state index < -0.39 is 0 Å². The molecule has 0 aromatic heterocycles. The van der Waals surface area contributed by atoms with Gasteiger partial charge in [0.1, 0.15) is 0 Å². The zero-order valence-electron chi connectivity index (χ0n) is 17.7. The topological polar surface area (TPSA) is 77.5 Å². The molecule has 3 aliphatic rings. The highest BCUT2D eigenvalue weighted by atomic mass is 16.5. The molecule has 4 rings (SSSR count). The summed E-state index contributed by atoms with van der Waals surface area (Å²) in [6.07, 6.45) is 0. The van der Waals surface area contributed by atoms with Crippen LogP contribution < -0.4 is 5.32 Å². The van der Waals surface area contributed by atoms with Crippen molar-refractivity contribution in [3.8, 4) is 0 Å². The summed E-state index contributed by atoms with van der Waals surface area (Å²) in [4.78, 5) is 35.5. The number of carbonyl (C=O) groups excluding carboxylic acids is 2. The molecule has 0 unspecified atom stereocenters. The summed E-state index contributed by atoms with van der Waals surface area (Å²) in [7, 11) is 0. The van der Waals surface area contributed by atoms with Gasteiger partial charge >= 0.3 is 0 Å². The molecule has 0 saturated carbocycles. The van der Waals surface area contributed by atoms with Gasteiger partial charge in [-0.25, -0.2) is 4.99 Å². The monoisotopic (exact) mass is 411 g/mol. The van der Waals surface area contributed by atoms with Crippen molar-refractivity contribution in [1.82, 2.24) is 20.0 Å².